The minimum atomic E-state index is -0.741. The van der Waals surface area contributed by atoms with E-state index in [9.17, 15) is 5.11 Å². The van der Waals surface area contributed by atoms with E-state index in [2.05, 4.69) is 25.8 Å². The molecular weight excluding hydrogens is 313 g/mol. The minimum absolute atomic E-state index is 0.0156. The van der Waals surface area contributed by atoms with Crippen LogP contribution in [0.5, 0.6) is 0 Å². The van der Waals surface area contributed by atoms with Crippen molar-refractivity contribution in [2.24, 2.45) is 0 Å². The van der Waals surface area contributed by atoms with Crippen molar-refractivity contribution in [3.8, 4) is 0 Å². The summed E-state index contributed by atoms with van der Waals surface area (Å²) in [6.45, 7) is 6.35. The molecule has 0 bridgehead atoms. The number of benzene rings is 1. The number of hydrogen-bond donors (Lipinski definition) is 1. The summed E-state index contributed by atoms with van der Waals surface area (Å²) in [6.07, 6.45) is -0.320. The number of halogens is 2. The molecule has 0 fully saturated rings. The van der Waals surface area contributed by atoms with Crippen LogP contribution in [0.2, 0.25) is 10.0 Å². The average Bonchev–Trinajstić information content (AvgIpc) is 2.76. The molecule has 0 saturated carbocycles. The van der Waals surface area contributed by atoms with Crippen molar-refractivity contribution in [2.75, 3.05) is 0 Å². The van der Waals surface area contributed by atoms with E-state index in [1.807, 2.05) is 5.38 Å². The first-order chi connectivity index (χ1) is 9.29. The van der Waals surface area contributed by atoms with E-state index in [1.54, 1.807) is 29.5 Å². The maximum absolute atomic E-state index is 10.3. The lowest BCUT2D eigenvalue weighted by Gasteiger charge is -2.15. The second-order valence-electron chi connectivity index (χ2n) is 5.73. The third-order valence-corrected chi connectivity index (χ3v) is 4.55. The van der Waals surface area contributed by atoms with Crippen molar-refractivity contribution in [3.05, 3.63) is 49.9 Å². The Morgan fingerprint density at radius 3 is 2.35 bits per heavy atom. The molecule has 1 unspecified atom stereocenters. The Labute approximate surface area is 133 Å². The summed E-state index contributed by atoms with van der Waals surface area (Å²) in [5, 5.41) is 14.2. The van der Waals surface area contributed by atoms with E-state index in [4.69, 9.17) is 23.2 Å². The predicted octanol–water partition coefficient (Wildman–Crippen LogP) is 5.02. The van der Waals surface area contributed by atoms with Gasteiger partial charge < -0.3 is 5.11 Å². The molecule has 0 aliphatic rings. The van der Waals surface area contributed by atoms with Crippen molar-refractivity contribution in [3.63, 3.8) is 0 Å². The summed E-state index contributed by atoms with van der Waals surface area (Å²) in [6, 6.07) is 5.23. The molecule has 108 valence electrons. The van der Waals surface area contributed by atoms with Crippen LogP contribution >= 0.6 is 34.5 Å². The maximum atomic E-state index is 10.3. The molecule has 1 aromatic heterocycles. The zero-order valence-corrected chi connectivity index (χ0v) is 14.0. The molecule has 1 aromatic carbocycles. The van der Waals surface area contributed by atoms with Gasteiger partial charge in [-0.2, -0.15) is 0 Å². The summed E-state index contributed by atoms with van der Waals surface area (Å²) in [5.41, 5.74) is 1.63. The maximum Gasteiger partial charge on any atom is 0.0957 e. The molecule has 2 rings (SSSR count). The van der Waals surface area contributed by atoms with Crippen molar-refractivity contribution >= 4 is 34.5 Å². The van der Waals surface area contributed by atoms with Crippen molar-refractivity contribution in [2.45, 2.75) is 38.7 Å². The predicted molar refractivity (Wildman–Crippen MR) is 85.9 cm³/mol. The van der Waals surface area contributed by atoms with Crippen LogP contribution in [0, 0.1) is 0 Å². The molecular formula is C15H17Cl2NOS. The number of aromatic nitrogens is 1. The smallest absolute Gasteiger partial charge is 0.0957 e. The average molecular weight is 330 g/mol. The second-order valence-corrected chi connectivity index (χ2v) is 7.49. The van der Waals surface area contributed by atoms with Gasteiger partial charge in [-0.3, -0.25) is 0 Å². The lowest BCUT2D eigenvalue weighted by Crippen LogP contribution is -2.12. The highest BCUT2D eigenvalue weighted by atomic mass is 35.5. The SMILES string of the molecule is CC(C)(C)c1csc(CC(O)c2c(Cl)cccc2Cl)n1. The standard InChI is InChI=1S/C15H17Cl2NOS/c1-15(2,3)12-8-20-13(18-12)7-11(19)14-9(16)5-4-6-10(14)17/h4-6,8,11,19H,7H2,1-3H3. The van der Waals surface area contributed by atoms with Gasteiger partial charge in [-0.05, 0) is 12.1 Å². The first-order valence-corrected chi connectivity index (χ1v) is 7.99. The molecule has 0 saturated heterocycles. The summed E-state index contributed by atoms with van der Waals surface area (Å²) in [4.78, 5) is 4.58. The first kappa shape index (κ1) is 15.8. The van der Waals surface area contributed by atoms with Gasteiger partial charge in [0.25, 0.3) is 0 Å². The van der Waals surface area contributed by atoms with Gasteiger partial charge in [-0.1, -0.05) is 50.0 Å². The van der Waals surface area contributed by atoms with Crippen LogP contribution in [-0.4, -0.2) is 10.1 Å². The topological polar surface area (TPSA) is 33.1 Å². The van der Waals surface area contributed by atoms with E-state index in [-0.39, 0.29) is 5.41 Å². The Morgan fingerprint density at radius 1 is 1.25 bits per heavy atom. The summed E-state index contributed by atoms with van der Waals surface area (Å²) in [7, 11) is 0. The number of hydrogen-bond acceptors (Lipinski definition) is 3. The number of thiazole rings is 1. The third-order valence-electron chi connectivity index (χ3n) is 3.02. The van der Waals surface area contributed by atoms with Crippen LogP contribution in [0.3, 0.4) is 0 Å². The first-order valence-electron chi connectivity index (χ1n) is 6.36. The van der Waals surface area contributed by atoms with Crippen LogP contribution in [0.25, 0.3) is 0 Å². The van der Waals surface area contributed by atoms with Gasteiger partial charge in [-0.25, -0.2) is 4.98 Å². The largest absolute Gasteiger partial charge is 0.388 e. The van der Waals surface area contributed by atoms with Gasteiger partial charge in [0.1, 0.15) is 0 Å². The van der Waals surface area contributed by atoms with Gasteiger partial charge in [-0.15, -0.1) is 11.3 Å². The Balaban J connectivity index is 2.20. The Hall–Kier alpha value is -0.610. The lowest BCUT2D eigenvalue weighted by molar-refractivity contribution is 0.178. The van der Waals surface area contributed by atoms with E-state index in [0.717, 1.165) is 10.7 Å². The molecule has 1 heterocycles. The highest BCUT2D eigenvalue weighted by molar-refractivity contribution is 7.09. The van der Waals surface area contributed by atoms with Crippen LogP contribution in [0.15, 0.2) is 23.6 Å². The number of aliphatic hydroxyl groups is 1. The zero-order valence-electron chi connectivity index (χ0n) is 11.7. The molecule has 1 atom stereocenters. The fourth-order valence-electron chi connectivity index (χ4n) is 1.85. The molecule has 2 nitrogen and oxygen atoms in total. The highest BCUT2D eigenvalue weighted by Crippen LogP contribution is 2.33. The second kappa shape index (κ2) is 6.02. The van der Waals surface area contributed by atoms with Crippen molar-refractivity contribution in [1.29, 1.82) is 0 Å². The van der Waals surface area contributed by atoms with Gasteiger partial charge in [0.15, 0.2) is 0 Å². The molecule has 0 aliphatic heterocycles. The Morgan fingerprint density at radius 2 is 1.85 bits per heavy atom. The van der Waals surface area contributed by atoms with E-state index < -0.39 is 6.10 Å². The van der Waals surface area contributed by atoms with Crippen LogP contribution in [-0.2, 0) is 11.8 Å². The molecule has 1 N–H and O–H groups in total. The Bertz CT molecular complexity index is 584. The molecule has 0 amide bonds. The number of rotatable bonds is 3. The van der Waals surface area contributed by atoms with E-state index in [0.29, 0.717) is 22.0 Å². The molecule has 5 heteroatoms. The molecule has 20 heavy (non-hydrogen) atoms. The molecule has 0 aliphatic carbocycles. The van der Waals surface area contributed by atoms with Gasteiger partial charge in [0.2, 0.25) is 0 Å². The van der Waals surface area contributed by atoms with Crippen molar-refractivity contribution in [1.82, 2.24) is 4.98 Å². The third kappa shape index (κ3) is 3.53. The zero-order chi connectivity index (χ0) is 14.9. The van der Waals surface area contributed by atoms with E-state index in [1.165, 1.54) is 0 Å². The summed E-state index contributed by atoms with van der Waals surface area (Å²) >= 11 is 13.8. The Kier molecular flexibility index (Phi) is 4.75. The summed E-state index contributed by atoms with van der Waals surface area (Å²) in [5.74, 6) is 0. The summed E-state index contributed by atoms with van der Waals surface area (Å²) < 4.78 is 0. The monoisotopic (exact) mass is 329 g/mol. The minimum Gasteiger partial charge on any atom is -0.388 e. The fourth-order valence-corrected chi connectivity index (χ4v) is 3.55. The number of nitrogens with zero attached hydrogens (tertiary/aromatic N) is 1. The number of aliphatic hydroxyl groups excluding tert-OH is 1. The fraction of sp³-hybridized carbons (Fsp3) is 0.400. The van der Waals surface area contributed by atoms with Gasteiger partial charge >= 0.3 is 0 Å². The van der Waals surface area contributed by atoms with Gasteiger partial charge in [0, 0.05) is 32.8 Å². The quantitative estimate of drug-likeness (QED) is 0.857. The van der Waals surface area contributed by atoms with Gasteiger partial charge in [0.05, 0.1) is 16.8 Å². The highest BCUT2D eigenvalue weighted by Gasteiger charge is 2.21. The molecule has 2 aromatic rings. The normalized spacial score (nSPS) is 13.5. The van der Waals surface area contributed by atoms with Crippen molar-refractivity contribution < 1.29 is 5.11 Å². The molecule has 0 spiro atoms. The van der Waals surface area contributed by atoms with E-state index >= 15 is 0 Å². The van der Waals surface area contributed by atoms with Crippen LogP contribution in [0.4, 0.5) is 0 Å². The lowest BCUT2D eigenvalue weighted by atomic mass is 9.93. The van der Waals surface area contributed by atoms with Crippen LogP contribution in [0.1, 0.15) is 43.1 Å². The van der Waals surface area contributed by atoms with Crippen LogP contribution < -0.4 is 0 Å². The molecule has 0 radical (unpaired) electrons.